The fourth-order valence-corrected chi connectivity index (χ4v) is 1.95. The minimum absolute atomic E-state index is 0.0665. The van der Waals surface area contributed by atoms with Crippen molar-refractivity contribution in [2.45, 2.75) is 13.0 Å². The predicted molar refractivity (Wildman–Crippen MR) is 62.6 cm³/mol. The summed E-state index contributed by atoms with van der Waals surface area (Å²) in [6.45, 7) is 5.03. The highest BCUT2D eigenvalue weighted by Crippen LogP contribution is 2.12. The van der Waals surface area contributed by atoms with E-state index >= 15 is 0 Å². The van der Waals surface area contributed by atoms with E-state index in [0.717, 1.165) is 13.1 Å². The number of morpholine rings is 1. The van der Waals surface area contributed by atoms with Gasteiger partial charge in [-0.1, -0.05) is 6.92 Å². The number of Topliss-reactive ketones (excluding diaryl/α,β-unsaturated/α-hetero) is 1. The number of benzene rings is 1. The van der Waals surface area contributed by atoms with Crippen molar-refractivity contribution in [1.29, 1.82) is 0 Å². The Morgan fingerprint density at radius 1 is 1.47 bits per heavy atom. The molecule has 1 aliphatic heterocycles. The van der Waals surface area contributed by atoms with Crippen LogP contribution >= 0.6 is 0 Å². The molecule has 0 radical (unpaired) electrons. The summed E-state index contributed by atoms with van der Waals surface area (Å²) in [5.74, 6) is -0.399. The van der Waals surface area contributed by atoms with Crippen molar-refractivity contribution in [3.05, 3.63) is 35.6 Å². The molecule has 0 N–H and O–H groups in total. The van der Waals surface area contributed by atoms with Crippen molar-refractivity contribution in [3.8, 4) is 0 Å². The quantitative estimate of drug-likeness (QED) is 0.750. The summed E-state index contributed by atoms with van der Waals surface area (Å²) >= 11 is 0. The number of ketones is 1. The lowest BCUT2D eigenvalue weighted by Crippen LogP contribution is -2.45. The Morgan fingerprint density at radius 3 is 2.82 bits per heavy atom. The van der Waals surface area contributed by atoms with E-state index < -0.39 is 6.10 Å². The van der Waals surface area contributed by atoms with Crippen LogP contribution in [0.4, 0.5) is 4.39 Å². The van der Waals surface area contributed by atoms with Gasteiger partial charge < -0.3 is 4.74 Å². The number of halogens is 1. The second-order valence-corrected chi connectivity index (χ2v) is 4.12. The lowest BCUT2D eigenvalue weighted by Gasteiger charge is -2.31. The van der Waals surface area contributed by atoms with Crippen LogP contribution in [0, 0.1) is 5.82 Å². The molecule has 1 saturated heterocycles. The summed E-state index contributed by atoms with van der Waals surface area (Å²) in [5.41, 5.74) is 0.509. The van der Waals surface area contributed by atoms with Gasteiger partial charge in [0.2, 0.25) is 0 Å². The first-order valence-corrected chi connectivity index (χ1v) is 5.84. The molecule has 92 valence electrons. The van der Waals surface area contributed by atoms with Gasteiger partial charge in [0, 0.05) is 18.7 Å². The van der Waals surface area contributed by atoms with Crippen molar-refractivity contribution >= 4 is 5.78 Å². The number of carbonyl (C=O) groups is 1. The Hall–Kier alpha value is -1.26. The average molecular weight is 237 g/mol. The maximum atomic E-state index is 12.8. The van der Waals surface area contributed by atoms with Crippen LogP contribution in [0.5, 0.6) is 0 Å². The molecule has 3 nitrogen and oxygen atoms in total. The Balaban J connectivity index is 2.06. The van der Waals surface area contributed by atoms with E-state index in [1.165, 1.54) is 24.3 Å². The molecule has 1 unspecified atom stereocenters. The molecule has 17 heavy (non-hydrogen) atoms. The molecule has 1 atom stereocenters. The zero-order chi connectivity index (χ0) is 12.3. The highest BCUT2D eigenvalue weighted by Gasteiger charge is 2.26. The third-order valence-electron chi connectivity index (χ3n) is 3.02. The van der Waals surface area contributed by atoms with Crippen molar-refractivity contribution in [1.82, 2.24) is 4.90 Å². The van der Waals surface area contributed by atoms with Crippen molar-refractivity contribution in [3.63, 3.8) is 0 Å². The van der Waals surface area contributed by atoms with Gasteiger partial charge in [-0.3, -0.25) is 9.69 Å². The third kappa shape index (κ3) is 2.90. The molecule has 0 spiro atoms. The monoisotopic (exact) mass is 237 g/mol. The zero-order valence-corrected chi connectivity index (χ0v) is 9.86. The van der Waals surface area contributed by atoms with Gasteiger partial charge in [0.05, 0.1) is 6.61 Å². The summed E-state index contributed by atoms with van der Waals surface area (Å²) in [7, 11) is 0. The highest BCUT2D eigenvalue weighted by molar-refractivity contribution is 5.99. The molecular weight excluding hydrogens is 221 g/mol. The summed E-state index contributed by atoms with van der Waals surface area (Å²) < 4.78 is 18.2. The summed E-state index contributed by atoms with van der Waals surface area (Å²) in [6, 6.07) is 5.61. The maximum absolute atomic E-state index is 12.8. The molecule has 0 aromatic heterocycles. The lowest BCUT2D eigenvalue weighted by atomic mass is 10.0. The normalized spacial score (nSPS) is 21.4. The fourth-order valence-electron chi connectivity index (χ4n) is 1.95. The molecule has 1 aromatic carbocycles. The van der Waals surface area contributed by atoms with Gasteiger partial charge in [-0.15, -0.1) is 0 Å². The standard InChI is InChI=1S/C13H16FNO2/c1-2-15-7-8-17-12(9-15)13(16)10-3-5-11(14)6-4-10/h3-6,12H,2,7-9H2,1H3. The van der Waals surface area contributed by atoms with E-state index in [1.807, 2.05) is 0 Å². The minimum Gasteiger partial charge on any atom is -0.367 e. The maximum Gasteiger partial charge on any atom is 0.192 e. The van der Waals surface area contributed by atoms with Gasteiger partial charge in [0.25, 0.3) is 0 Å². The molecule has 1 fully saturated rings. The zero-order valence-electron chi connectivity index (χ0n) is 9.86. The number of ether oxygens (including phenoxy) is 1. The van der Waals surface area contributed by atoms with Crippen LogP contribution in [0.3, 0.4) is 0 Å². The molecule has 0 amide bonds. The molecule has 2 rings (SSSR count). The fraction of sp³-hybridized carbons (Fsp3) is 0.462. The minimum atomic E-state index is -0.422. The van der Waals surface area contributed by atoms with Crippen LogP contribution in [0.15, 0.2) is 24.3 Å². The second-order valence-electron chi connectivity index (χ2n) is 4.12. The molecule has 1 aromatic rings. The summed E-state index contributed by atoms with van der Waals surface area (Å²) in [6.07, 6.45) is -0.422. The number of carbonyl (C=O) groups excluding carboxylic acids is 1. The molecule has 0 bridgehead atoms. The van der Waals surface area contributed by atoms with Crippen LogP contribution in [-0.2, 0) is 4.74 Å². The topological polar surface area (TPSA) is 29.5 Å². The van der Waals surface area contributed by atoms with Crippen LogP contribution in [0.1, 0.15) is 17.3 Å². The Bertz CT molecular complexity index is 391. The van der Waals surface area contributed by atoms with Gasteiger partial charge in [-0.05, 0) is 30.8 Å². The van der Waals surface area contributed by atoms with Crippen LogP contribution in [-0.4, -0.2) is 43.0 Å². The Morgan fingerprint density at radius 2 is 2.18 bits per heavy atom. The molecule has 1 heterocycles. The van der Waals surface area contributed by atoms with E-state index in [9.17, 15) is 9.18 Å². The number of hydrogen-bond donors (Lipinski definition) is 0. The van der Waals surface area contributed by atoms with Gasteiger partial charge >= 0.3 is 0 Å². The Labute approximate surface area is 100 Å². The van der Waals surface area contributed by atoms with Crippen molar-refractivity contribution in [2.24, 2.45) is 0 Å². The van der Waals surface area contributed by atoms with E-state index in [-0.39, 0.29) is 11.6 Å². The summed E-state index contributed by atoms with van der Waals surface area (Å²) in [5, 5.41) is 0. The second kappa shape index (κ2) is 5.38. The molecule has 4 heteroatoms. The largest absolute Gasteiger partial charge is 0.367 e. The molecule has 0 saturated carbocycles. The van der Waals surface area contributed by atoms with E-state index in [4.69, 9.17) is 4.74 Å². The molecule has 0 aliphatic carbocycles. The SMILES string of the molecule is CCN1CCOC(C(=O)c2ccc(F)cc2)C1. The van der Waals surface area contributed by atoms with E-state index in [1.54, 1.807) is 0 Å². The molecule has 1 aliphatic rings. The first-order chi connectivity index (χ1) is 8.20. The molecular formula is C13H16FNO2. The van der Waals surface area contributed by atoms with Crippen LogP contribution in [0.2, 0.25) is 0 Å². The summed E-state index contributed by atoms with van der Waals surface area (Å²) in [4.78, 5) is 14.3. The van der Waals surface area contributed by atoms with E-state index in [2.05, 4.69) is 11.8 Å². The highest BCUT2D eigenvalue weighted by atomic mass is 19.1. The average Bonchev–Trinajstić information content (AvgIpc) is 2.39. The number of nitrogens with zero attached hydrogens (tertiary/aromatic N) is 1. The Kier molecular flexibility index (Phi) is 3.86. The number of hydrogen-bond acceptors (Lipinski definition) is 3. The van der Waals surface area contributed by atoms with Crippen LogP contribution < -0.4 is 0 Å². The lowest BCUT2D eigenvalue weighted by molar-refractivity contribution is -0.0148. The van der Waals surface area contributed by atoms with Gasteiger partial charge in [-0.2, -0.15) is 0 Å². The number of likely N-dealkylation sites (N-methyl/N-ethyl adjacent to an activating group) is 1. The first-order valence-electron chi connectivity index (χ1n) is 5.84. The van der Waals surface area contributed by atoms with E-state index in [0.29, 0.717) is 18.7 Å². The smallest absolute Gasteiger partial charge is 0.192 e. The number of rotatable bonds is 3. The predicted octanol–water partition coefficient (Wildman–Crippen LogP) is 1.73. The third-order valence-corrected chi connectivity index (χ3v) is 3.02. The van der Waals surface area contributed by atoms with Crippen molar-refractivity contribution < 1.29 is 13.9 Å². The van der Waals surface area contributed by atoms with Crippen molar-refractivity contribution in [2.75, 3.05) is 26.2 Å². The van der Waals surface area contributed by atoms with Gasteiger partial charge in [-0.25, -0.2) is 4.39 Å². The van der Waals surface area contributed by atoms with Crippen LogP contribution in [0.25, 0.3) is 0 Å². The van der Waals surface area contributed by atoms with Gasteiger partial charge in [0.1, 0.15) is 11.9 Å². The first kappa shape index (κ1) is 12.2. The van der Waals surface area contributed by atoms with Gasteiger partial charge in [0.15, 0.2) is 5.78 Å².